The number of methoxy groups -OCH3 is 1. The Hall–Kier alpha value is -4.47. The van der Waals surface area contributed by atoms with E-state index in [1.165, 1.54) is 17.5 Å². The van der Waals surface area contributed by atoms with E-state index in [1.54, 1.807) is 30.8 Å². The van der Waals surface area contributed by atoms with Crippen LogP contribution in [0.15, 0.2) is 78.6 Å². The second-order valence-corrected chi connectivity index (χ2v) is 12.5. The second-order valence-electron chi connectivity index (χ2n) is 11.6. The number of carbonyl (C=O) groups is 1. The van der Waals surface area contributed by atoms with Crippen molar-refractivity contribution >= 4 is 22.9 Å². The van der Waals surface area contributed by atoms with Gasteiger partial charge in [0.1, 0.15) is 5.75 Å². The molecular weight excluding hydrogens is 568 g/mol. The van der Waals surface area contributed by atoms with Crippen LogP contribution in [-0.2, 0) is 24.3 Å². The minimum absolute atomic E-state index is 0.0824. The summed E-state index contributed by atoms with van der Waals surface area (Å²) in [5.41, 5.74) is 7.62. The lowest BCUT2D eigenvalue weighted by molar-refractivity contribution is -0.117. The standard InChI is InChI=1S/C35H34N6O2S/c1-43-32-15-25(30-18-36-19-31(39-30)33-16-27(22-44-33)38-34(42)14-23-8-5-9-23)10-11-28(32)35-37-17-26-21-41(13-12-29(26)40-35)20-24-6-3-2-4-7-24/h2-4,6-7,10-11,15-19,22-23H,5,8-9,12-14,20-21H2,1H3,(H,38,42). The van der Waals surface area contributed by atoms with Crippen LogP contribution in [0.25, 0.3) is 33.2 Å². The van der Waals surface area contributed by atoms with E-state index in [0.717, 1.165) is 77.7 Å². The maximum absolute atomic E-state index is 12.4. The Morgan fingerprint density at radius 3 is 2.73 bits per heavy atom. The molecule has 0 radical (unpaired) electrons. The normalized spacial score (nSPS) is 14.9. The number of aromatic nitrogens is 4. The van der Waals surface area contributed by atoms with Gasteiger partial charge in [0.15, 0.2) is 5.82 Å². The third-order valence-electron chi connectivity index (χ3n) is 8.47. The molecule has 0 spiro atoms. The fourth-order valence-corrected chi connectivity index (χ4v) is 6.64. The van der Waals surface area contributed by atoms with E-state index in [2.05, 4.69) is 45.5 Å². The zero-order chi connectivity index (χ0) is 29.9. The van der Waals surface area contributed by atoms with Crippen molar-refractivity contribution in [3.05, 3.63) is 95.4 Å². The van der Waals surface area contributed by atoms with Crippen molar-refractivity contribution in [2.45, 2.75) is 45.2 Å². The number of anilines is 1. The summed E-state index contributed by atoms with van der Waals surface area (Å²) in [7, 11) is 1.66. The van der Waals surface area contributed by atoms with E-state index >= 15 is 0 Å². The first-order chi connectivity index (χ1) is 21.6. The van der Waals surface area contributed by atoms with Gasteiger partial charge in [-0.15, -0.1) is 11.3 Å². The van der Waals surface area contributed by atoms with Gasteiger partial charge < -0.3 is 10.1 Å². The summed E-state index contributed by atoms with van der Waals surface area (Å²) < 4.78 is 5.81. The van der Waals surface area contributed by atoms with Crippen molar-refractivity contribution in [2.75, 3.05) is 19.0 Å². The molecule has 1 amide bonds. The van der Waals surface area contributed by atoms with Gasteiger partial charge in [-0.3, -0.25) is 14.7 Å². The Morgan fingerprint density at radius 1 is 1.05 bits per heavy atom. The average Bonchev–Trinajstić information content (AvgIpc) is 3.51. The van der Waals surface area contributed by atoms with Gasteiger partial charge in [-0.1, -0.05) is 42.8 Å². The first kappa shape index (κ1) is 28.3. The summed E-state index contributed by atoms with van der Waals surface area (Å²) >= 11 is 1.54. The van der Waals surface area contributed by atoms with Crippen molar-refractivity contribution in [1.29, 1.82) is 0 Å². The molecule has 1 aliphatic carbocycles. The van der Waals surface area contributed by atoms with Crippen LogP contribution in [0.4, 0.5) is 5.69 Å². The number of thiophene rings is 1. The fourth-order valence-electron chi connectivity index (χ4n) is 5.85. The number of benzene rings is 2. The molecule has 2 aromatic carbocycles. The van der Waals surface area contributed by atoms with Crippen molar-refractivity contribution < 1.29 is 9.53 Å². The predicted molar refractivity (Wildman–Crippen MR) is 173 cm³/mol. The maximum atomic E-state index is 12.4. The van der Waals surface area contributed by atoms with Gasteiger partial charge in [-0.05, 0) is 42.5 Å². The van der Waals surface area contributed by atoms with Crippen LogP contribution in [0.3, 0.4) is 0 Å². The summed E-state index contributed by atoms with van der Waals surface area (Å²) in [6.07, 6.45) is 10.5. The van der Waals surface area contributed by atoms with Crippen molar-refractivity contribution in [2.24, 2.45) is 5.92 Å². The van der Waals surface area contributed by atoms with Crippen molar-refractivity contribution in [3.63, 3.8) is 0 Å². The molecule has 0 unspecified atom stereocenters. The first-order valence-corrected chi connectivity index (χ1v) is 16.0. The number of nitrogens with zero attached hydrogens (tertiary/aromatic N) is 5. The summed E-state index contributed by atoms with van der Waals surface area (Å²) in [4.78, 5) is 34.8. The van der Waals surface area contributed by atoms with E-state index in [9.17, 15) is 4.79 Å². The highest BCUT2D eigenvalue weighted by Crippen LogP contribution is 2.35. The Balaban J connectivity index is 1.06. The third kappa shape index (κ3) is 6.25. The predicted octanol–water partition coefficient (Wildman–Crippen LogP) is 7.02. The number of hydrogen-bond donors (Lipinski definition) is 1. The minimum Gasteiger partial charge on any atom is -0.496 e. The van der Waals surface area contributed by atoms with Crippen LogP contribution < -0.4 is 10.1 Å². The van der Waals surface area contributed by atoms with E-state index < -0.39 is 0 Å². The van der Waals surface area contributed by atoms with Crippen molar-refractivity contribution in [3.8, 4) is 39.0 Å². The molecule has 2 aliphatic rings. The van der Waals surface area contributed by atoms with Crippen LogP contribution in [0.1, 0.15) is 42.5 Å². The monoisotopic (exact) mass is 602 g/mol. The van der Waals surface area contributed by atoms with E-state index in [0.29, 0.717) is 23.9 Å². The Bertz CT molecular complexity index is 1790. The second kappa shape index (κ2) is 12.6. The molecule has 9 heteroatoms. The van der Waals surface area contributed by atoms with Gasteiger partial charge >= 0.3 is 0 Å². The molecule has 4 heterocycles. The van der Waals surface area contributed by atoms with E-state index in [-0.39, 0.29) is 5.91 Å². The van der Waals surface area contributed by atoms with Gasteiger partial charge in [-0.2, -0.15) is 0 Å². The number of rotatable bonds is 9. The molecule has 1 saturated carbocycles. The average molecular weight is 603 g/mol. The zero-order valence-electron chi connectivity index (χ0n) is 24.7. The molecule has 1 N–H and O–H groups in total. The number of ether oxygens (including phenoxy) is 1. The molecule has 44 heavy (non-hydrogen) atoms. The van der Waals surface area contributed by atoms with Crippen LogP contribution in [0.5, 0.6) is 5.75 Å². The largest absolute Gasteiger partial charge is 0.496 e. The lowest BCUT2D eigenvalue weighted by Crippen LogP contribution is -2.30. The summed E-state index contributed by atoms with van der Waals surface area (Å²) in [5, 5.41) is 5.00. The first-order valence-electron chi connectivity index (χ1n) is 15.1. The van der Waals surface area contributed by atoms with Crippen LogP contribution in [0, 0.1) is 5.92 Å². The van der Waals surface area contributed by atoms with Gasteiger partial charge in [-0.25, -0.2) is 15.0 Å². The highest BCUT2D eigenvalue weighted by molar-refractivity contribution is 7.14. The molecule has 0 saturated heterocycles. The summed E-state index contributed by atoms with van der Waals surface area (Å²) in [6, 6.07) is 18.5. The lowest BCUT2D eigenvalue weighted by atomic mass is 9.83. The Morgan fingerprint density at radius 2 is 1.91 bits per heavy atom. The topological polar surface area (TPSA) is 93.1 Å². The van der Waals surface area contributed by atoms with Crippen molar-refractivity contribution in [1.82, 2.24) is 24.8 Å². The lowest BCUT2D eigenvalue weighted by Gasteiger charge is -2.28. The summed E-state index contributed by atoms with van der Waals surface area (Å²) in [6.45, 7) is 2.72. The van der Waals surface area contributed by atoms with Crippen LogP contribution in [-0.4, -0.2) is 44.4 Å². The van der Waals surface area contributed by atoms with Gasteiger partial charge in [0.2, 0.25) is 5.91 Å². The quantitative estimate of drug-likeness (QED) is 0.194. The van der Waals surface area contributed by atoms with Crippen LogP contribution >= 0.6 is 11.3 Å². The number of hydrogen-bond acceptors (Lipinski definition) is 8. The van der Waals surface area contributed by atoms with Gasteiger partial charge in [0.05, 0.1) is 52.7 Å². The Kier molecular flexibility index (Phi) is 8.13. The number of fused-ring (bicyclic) bond motifs is 1. The number of amides is 1. The van der Waals surface area contributed by atoms with E-state index in [1.807, 2.05) is 35.8 Å². The molecular formula is C35H34N6O2S. The molecule has 8 nitrogen and oxygen atoms in total. The van der Waals surface area contributed by atoms with Gasteiger partial charge in [0.25, 0.3) is 0 Å². The molecule has 3 aromatic heterocycles. The molecule has 222 valence electrons. The molecule has 0 atom stereocenters. The minimum atomic E-state index is 0.0824. The molecule has 5 aromatic rings. The zero-order valence-corrected chi connectivity index (χ0v) is 25.5. The molecule has 1 aliphatic heterocycles. The highest BCUT2D eigenvalue weighted by atomic mass is 32.1. The number of nitrogens with one attached hydrogen (secondary N) is 1. The molecule has 1 fully saturated rings. The SMILES string of the molecule is COc1cc(-c2cncc(-c3cc(NC(=O)CC4CCC4)cs3)n2)ccc1-c1ncc2c(n1)CCN(Cc1ccccc1)C2. The smallest absolute Gasteiger partial charge is 0.224 e. The Labute approximate surface area is 261 Å². The fraction of sp³-hybridized carbons (Fsp3) is 0.286. The van der Waals surface area contributed by atoms with E-state index in [4.69, 9.17) is 19.7 Å². The summed E-state index contributed by atoms with van der Waals surface area (Å²) in [5.74, 6) is 1.96. The third-order valence-corrected chi connectivity index (χ3v) is 9.42. The van der Waals surface area contributed by atoms with Crippen LogP contribution in [0.2, 0.25) is 0 Å². The maximum Gasteiger partial charge on any atom is 0.224 e. The van der Waals surface area contributed by atoms with Gasteiger partial charge in [0, 0.05) is 55.2 Å². The number of carbonyl (C=O) groups excluding carboxylic acids is 1. The highest BCUT2D eigenvalue weighted by Gasteiger charge is 2.22. The molecule has 0 bridgehead atoms. The molecule has 7 rings (SSSR count).